The highest BCUT2D eigenvalue weighted by atomic mass is 19.4. The van der Waals surface area contributed by atoms with E-state index in [0.717, 1.165) is 18.2 Å². The van der Waals surface area contributed by atoms with Crippen LogP contribution in [-0.4, -0.2) is 34.4 Å². The first-order chi connectivity index (χ1) is 12.3. The third kappa shape index (κ3) is 3.38. The molecule has 3 rings (SSSR count). The van der Waals surface area contributed by atoms with Crippen LogP contribution in [0.4, 0.5) is 17.6 Å². The number of carbonyl (C=O) groups excluding carboxylic acids is 1. The summed E-state index contributed by atoms with van der Waals surface area (Å²) in [6.07, 6.45) is -3.29. The van der Waals surface area contributed by atoms with Crippen LogP contribution >= 0.6 is 0 Å². The van der Waals surface area contributed by atoms with Gasteiger partial charge in [-0.25, -0.2) is 4.39 Å². The topological polar surface area (TPSA) is 78.0 Å². The SMILES string of the molecule is O=C(NCCO)c1ccc(-c2cc(C(F)(F)F)cc3[nH]ncc23)c(F)c1. The molecule has 136 valence electrons. The maximum atomic E-state index is 14.5. The molecule has 0 bridgehead atoms. The zero-order valence-corrected chi connectivity index (χ0v) is 13.2. The van der Waals surface area contributed by atoms with Crippen LogP contribution in [0.5, 0.6) is 0 Å². The van der Waals surface area contributed by atoms with Crippen molar-refractivity contribution in [1.29, 1.82) is 0 Å². The number of halogens is 4. The maximum Gasteiger partial charge on any atom is 0.416 e. The lowest BCUT2D eigenvalue weighted by atomic mass is 9.97. The smallest absolute Gasteiger partial charge is 0.395 e. The summed E-state index contributed by atoms with van der Waals surface area (Å²) >= 11 is 0. The molecule has 0 fully saturated rings. The highest BCUT2D eigenvalue weighted by Crippen LogP contribution is 2.37. The highest BCUT2D eigenvalue weighted by Gasteiger charge is 2.32. The van der Waals surface area contributed by atoms with Crippen molar-refractivity contribution in [2.45, 2.75) is 6.18 Å². The van der Waals surface area contributed by atoms with Crippen molar-refractivity contribution in [3.05, 3.63) is 53.5 Å². The fourth-order valence-electron chi connectivity index (χ4n) is 2.58. The van der Waals surface area contributed by atoms with Crippen LogP contribution in [-0.2, 0) is 6.18 Å². The van der Waals surface area contributed by atoms with Gasteiger partial charge in [0.2, 0.25) is 0 Å². The number of carbonyl (C=O) groups is 1. The maximum absolute atomic E-state index is 14.5. The largest absolute Gasteiger partial charge is 0.416 e. The average Bonchev–Trinajstić information content (AvgIpc) is 3.06. The lowest BCUT2D eigenvalue weighted by Gasteiger charge is -2.12. The fraction of sp³-hybridized carbons (Fsp3) is 0.176. The number of benzene rings is 2. The summed E-state index contributed by atoms with van der Waals surface area (Å²) in [5.41, 5.74) is -0.882. The van der Waals surface area contributed by atoms with E-state index < -0.39 is 23.5 Å². The summed E-state index contributed by atoms with van der Waals surface area (Å²) in [7, 11) is 0. The molecule has 26 heavy (non-hydrogen) atoms. The quantitative estimate of drug-likeness (QED) is 0.620. The summed E-state index contributed by atoms with van der Waals surface area (Å²) in [6.45, 7) is -0.263. The second-order valence-corrected chi connectivity index (χ2v) is 5.53. The molecule has 0 unspecified atom stereocenters. The van der Waals surface area contributed by atoms with E-state index in [-0.39, 0.29) is 35.4 Å². The molecule has 0 aliphatic rings. The van der Waals surface area contributed by atoms with Crippen molar-refractivity contribution < 1.29 is 27.5 Å². The van der Waals surface area contributed by atoms with Gasteiger partial charge < -0.3 is 10.4 Å². The molecule has 0 aliphatic carbocycles. The van der Waals surface area contributed by atoms with Gasteiger partial charge in [0.1, 0.15) is 5.82 Å². The monoisotopic (exact) mass is 367 g/mol. The van der Waals surface area contributed by atoms with Crippen LogP contribution < -0.4 is 5.32 Å². The van der Waals surface area contributed by atoms with Gasteiger partial charge >= 0.3 is 6.18 Å². The van der Waals surface area contributed by atoms with E-state index in [4.69, 9.17) is 5.11 Å². The van der Waals surface area contributed by atoms with Crippen molar-refractivity contribution in [3.8, 4) is 11.1 Å². The number of alkyl halides is 3. The standard InChI is InChI=1S/C17H13F4N3O2/c18-14-5-9(16(26)22-3-4-25)1-2-11(14)12-6-10(17(19,20)21)7-15-13(12)8-23-24-15/h1-2,5-8,25H,3-4H2,(H,22,26)(H,23,24). The van der Waals surface area contributed by atoms with E-state index in [1.807, 2.05) is 0 Å². The summed E-state index contributed by atoms with van der Waals surface area (Å²) in [6, 6.07) is 5.23. The number of hydrogen-bond acceptors (Lipinski definition) is 3. The lowest BCUT2D eigenvalue weighted by Crippen LogP contribution is -2.26. The molecule has 0 radical (unpaired) electrons. The van der Waals surface area contributed by atoms with Gasteiger partial charge in [-0.15, -0.1) is 0 Å². The van der Waals surface area contributed by atoms with Crippen LogP contribution in [0, 0.1) is 5.82 Å². The molecule has 0 saturated heterocycles. The first-order valence-corrected chi connectivity index (χ1v) is 7.54. The number of amides is 1. The zero-order valence-electron chi connectivity index (χ0n) is 13.2. The molecule has 5 nitrogen and oxygen atoms in total. The van der Waals surface area contributed by atoms with E-state index in [1.54, 1.807) is 0 Å². The Kier molecular flexibility index (Phi) is 4.64. The van der Waals surface area contributed by atoms with Crippen LogP contribution in [0.3, 0.4) is 0 Å². The number of aliphatic hydroxyl groups is 1. The summed E-state index contributed by atoms with van der Waals surface area (Å²) in [5, 5.41) is 17.6. The van der Waals surface area contributed by atoms with E-state index in [0.29, 0.717) is 5.39 Å². The molecule has 1 amide bonds. The minimum atomic E-state index is -4.60. The number of nitrogens with one attached hydrogen (secondary N) is 2. The molecule has 3 N–H and O–H groups in total. The van der Waals surface area contributed by atoms with Crippen LogP contribution in [0.1, 0.15) is 15.9 Å². The molecule has 2 aromatic carbocycles. The Bertz CT molecular complexity index is 966. The molecular weight excluding hydrogens is 354 g/mol. The Morgan fingerprint density at radius 1 is 1.19 bits per heavy atom. The minimum Gasteiger partial charge on any atom is -0.395 e. The molecule has 0 atom stereocenters. The summed E-state index contributed by atoms with van der Waals surface area (Å²) in [4.78, 5) is 11.8. The average molecular weight is 367 g/mol. The number of rotatable bonds is 4. The second-order valence-electron chi connectivity index (χ2n) is 5.53. The second kappa shape index (κ2) is 6.75. The Morgan fingerprint density at radius 2 is 1.96 bits per heavy atom. The molecule has 1 heterocycles. The van der Waals surface area contributed by atoms with Crippen LogP contribution in [0.25, 0.3) is 22.0 Å². The normalized spacial score (nSPS) is 11.7. The molecule has 0 saturated carbocycles. The molecular formula is C17H13F4N3O2. The van der Waals surface area contributed by atoms with Gasteiger partial charge in [0.25, 0.3) is 5.91 Å². The lowest BCUT2D eigenvalue weighted by molar-refractivity contribution is -0.137. The van der Waals surface area contributed by atoms with Crippen molar-refractivity contribution >= 4 is 16.8 Å². The first-order valence-electron chi connectivity index (χ1n) is 7.54. The van der Waals surface area contributed by atoms with Gasteiger partial charge in [0.15, 0.2) is 0 Å². The van der Waals surface area contributed by atoms with Crippen molar-refractivity contribution in [3.63, 3.8) is 0 Å². The van der Waals surface area contributed by atoms with Crippen LogP contribution in [0.15, 0.2) is 36.5 Å². The third-order valence-electron chi connectivity index (χ3n) is 3.80. The highest BCUT2D eigenvalue weighted by molar-refractivity contribution is 5.97. The van der Waals surface area contributed by atoms with Crippen molar-refractivity contribution in [1.82, 2.24) is 15.5 Å². The predicted octanol–water partition coefficient (Wildman–Crippen LogP) is 3.11. The van der Waals surface area contributed by atoms with Crippen molar-refractivity contribution in [2.75, 3.05) is 13.2 Å². The van der Waals surface area contributed by atoms with Gasteiger partial charge in [-0.05, 0) is 29.8 Å². The Morgan fingerprint density at radius 3 is 2.62 bits per heavy atom. The van der Waals surface area contributed by atoms with Gasteiger partial charge in [0.05, 0.1) is 23.9 Å². The number of aromatic nitrogens is 2. The summed E-state index contributed by atoms with van der Waals surface area (Å²) in [5.74, 6) is -1.44. The van der Waals surface area contributed by atoms with Gasteiger partial charge in [-0.3, -0.25) is 9.89 Å². The number of fused-ring (bicyclic) bond motifs is 1. The Labute approximate surface area is 144 Å². The van der Waals surface area contributed by atoms with E-state index in [2.05, 4.69) is 15.5 Å². The molecule has 0 aliphatic heterocycles. The number of H-pyrrole nitrogens is 1. The third-order valence-corrected chi connectivity index (χ3v) is 3.80. The van der Waals surface area contributed by atoms with E-state index in [1.165, 1.54) is 18.3 Å². The number of nitrogens with zero attached hydrogens (tertiary/aromatic N) is 1. The van der Waals surface area contributed by atoms with Crippen molar-refractivity contribution in [2.24, 2.45) is 0 Å². The summed E-state index contributed by atoms with van der Waals surface area (Å²) < 4.78 is 53.9. The van der Waals surface area contributed by atoms with Crippen LogP contribution in [0.2, 0.25) is 0 Å². The fourth-order valence-corrected chi connectivity index (χ4v) is 2.58. The van der Waals surface area contributed by atoms with Gasteiger partial charge in [0, 0.05) is 23.1 Å². The zero-order chi connectivity index (χ0) is 18.9. The van der Waals surface area contributed by atoms with Gasteiger partial charge in [-0.2, -0.15) is 18.3 Å². The minimum absolute atomic E-state index is 0.00452. The number of hydrogen-bond donors (Lipinski definition) is 3. The number of aromatic amines is 1. The predicted molar refractivity (Wildman–Crippen MR) is 85.9 cm³/mol. The molecule has 0 spiro atoms. The van der Waals surface area contributed by atoms with E-state index >= 15 is 0 Å². The van der Waals surface area contributed by atoms with Gasteiger partial charge in [-0.1, -0.05) is 6.07 Å². The Hall–Kier alpha value is -2.94. The Balaban J connectivity index is 2.09. The van der Waals surface area contributed by atoms with E-state index in [9.17, 15) is 22.4 Å². The molecule has 3 aromatic rings. The number of aliphatic hydroxyl groups excluding tert-OH is 1. The first kappa shape index (κ1) is 17.9. The molecule has 9 heteroatoms. The molecule has 1 aromatic heterocycles.